The van der Waals surface area contributed by atoms with Gasteiger partial charge in [0.2, 0.25) is 0 Å². The van der Waals surface area contributed by atoms with Gasteiger partial charge in [-0.2, -0.15) is 3.89 Å². The smallest absolute Gasteiger partial charge is 0.0445 e. The molecule has 0 rings (SSSR count). The van der Waals surface area contributed by atoms with Gasteiger partial charge in [-0.3, -0.25) is 0 Å². The largest absolute Gasteiger partial charge is 0.165 e. The highest BCUT2D eigenvalue weighted by Gasteiger charge is 1.98. The molecule has 0 N–H and O–H groups in total. The summed E-state index contributed by atoms with van der Waals surface area (Å²) in [7, 11) is 0. The van der Waals surface area contributed by atoms with Crippen molar-refractivity contribution < 1.29 is 3.89 Å². The Balaban J connectivity index is 2.92. The average molecular weight is 136 g/mol. The lowest BCUT2D eigenvalue weighted by molar-refractivity contribution is 0.581. The van der Waals surface area contributed by atoms with E-state index in [9.17, 15) is 3.89 Å². The van der Waals surface area contributed by atoms with Crippen molar-refractivity contribution in [3.8, 4) is 0 Å². The molecule has 0 amide bonds. The van der Waals surface area contributed by atoms with E-state index < -0.39 is 0 Å². The predicted molar refractivity (Wildman–Crippen MR) is 37.6 cm³/mol. The van der Waals surface area contributed by atoms with Crippen LogP contribution in [0, 0.1) is 5.92 Å². The topological polar surface area (TPSA) is 0 Å². The van der Waals surface area contributed by atoms with Gasteiger partial charge in [0.15, 0.2) is 0 Å². The van der Waals surface area contributed by atoms with Crippen LogP contribution in [0.25, 0.3) is 0 Å². The van der Waals surface area contributed by atoms with Crippen molar-refractivity contribution in [2.75, 3.05) is 5.75 Å². The van der Waals surface area contributed by atoms with Crippen LogP contribution in [0.2, 0.25) is 0 Å². The molecule has 8 heavy (non-hydrogen) atoms. The SMILES string of the molecule is CCCC(C)CSF. The molecule has 0 nitrogen and oxygen atoms in total. The fourth-order valence-electron chi connectivity index (χ4n) is 0.684. The summed E-state index contributed by atoms with van der Waals surface area (Å²) in [6, 6.07) is 0. The fraction of sp³-hybridized carbons (Fsp3) is 1.00. The third kappa shape index (κ3) is 4.44. The fourth-order valence-corrected chi connectivity index (χ4v) is 1.07. The maximum absolute atomic E-state index is 11.5. The molecule has 0 fully saturated rings. The van der Waals surface area contributed by atoms with Gasteiger partial charge in [-0.1, -0.05) is 26.7 Å². The Labute approximate surface area is 55.1 Å². The third-order valence-corrected chi connectivity index (χ3v) is 1.82. The average Bonchev–Trinajstić information content (AvgIpc) is 1.68. The normalized spacial score (nSPS) is 13.9. The van der Waals surface area contributed by atoms with Crippen LogP contribution in [0.1, 0.15) is 26.7 Å². The van der Waals surface area contributed by atoms with E-state index >= 15 is 0 Å². The Hall–Kier alpha value is 0.280. The monoisotopic (exact) mass is 136 g/mol. The van der Waals surface area contributed by atoms with Crippen LogP contribution in [0.15, 0.2) is 0 Å². The molecule has 0 heterocycles. The molecule has 0 aliphatic carbocycles. The summed E-state index contributed by atoms with van der Waals surface area (Å²) in [5, 5.41) is 0. The zero-order valence-corrected chi connectivity index (χ0v) is 6.30. The molecule has 50 valence electrons. The lowest BCUT2D eigenvalue weighted by atomic mass is 10.1. The van der Waals surface area contributed by atoms with Crippen molar-refractivity contribution in [2.45, 2.75) is 26.7 Å². The number of halogens is 1. The molecular formula is C6H13FS. The van der Waals surface area contributed by atoms with Crippen LogP contribution in [-0.4, -0.2) is 5.75 Å². The molecule has 0 radical (unpaired) electrons. The quantitative estimate of drug-likeness (QED) is 0.572. The third-order valence-electron chi connectivity index (χ3n) is 1.13. The van der Waals surface area contributed by atoms with E-state index in [1.54, 1.807) is 0 Å². The van der Waals surface area contributed by atoms with Gasteiger partial charge in [-0.15, -0.1) is 0 Å². The van der Waals surface area contributed by atoms with Crippen LogP contribution in [0.4, 0.5) is 3.89 Å². The minimum absolute atomic E-state index is 0.450. The van der Waals surface area contributed by atoms with Gasteiger partial charge >= 0.3 is 0 Å². The van der Waals surface area contributed by atoms with Gasteiger partial charge < -0.3 is 0 Å². The highest BCUT2D eigenvalue weighted by Crippen LogP contribution is 2.12. The van der Waals surface area contributed by atoms with E-state index in [4.69, 9.17) is 0 Å². The highest BCUT2D eigenvalue weighted by molar-refractivity contribution is 7.94. The zero-order chi connectivity index (χ0) is 6.41. The second-order valence-electron chi connectivity index (χ2n) is 2.17. The molecule has 0 saturated heterocycles. The minimum atomic E-state index is 0.450. The highest BCUT2D eigenvalue weighted by atomic mass is 32.2. The number of rotatable bonds is 4. The first kappa shape index (κ1) is 8.28. The van der Waals surface area contributed by atoms with Crippen LogP contribution in [-0.2, 0) is 0 Å². The summed E-state index contributed by atoms with van der Waals surface area (Å²) in [5.41, 5.74) is 0. The maximum atomic E-state index is 11.5. The summed E-state index contributed by atoms with van der Waals surface area (Å²) >= 11 is 0.450. The Kier molecular flexibility index (Phi) is 5.61. The van der Waals surface area contributed by atoms with Crippen LogP contribution in [0.5, 0.6) is 0 Å². The minimum Gasteiger partial charge on any atom is -0.165 e. The summed E-state index contributed by atoms with van der Waals surface area (Å²) in [6.45, 7) is 4.20. The first-order valence-corrected chi connectivity index (χ1v) is 3.93. The summed E-state index contributed by atoms with van der Waals surface area (Å²) in [4.78, 5) is 0. The molecular weight excluding hydrogens is 123 g/mol. The Morgan fingerprint density at radius 3 is 2.62 bits per heavy atom. The van der Waals surface area contributed by atoms with Crippen LogP contribution < -0.4 is 0 Å². The van der Waals surface area contributed by atoms with Gasteiger partial charge in [0.25, 0.3) is 0 Å². The first-order valence-electron chi connectivity index (χ1n) is 3.04. The Bertz CT molecular complexity index is 41.8. The second-order valence-corrected chi connectivity index (χ2v) is 2.72. The molecule has 1 unspecified atom stereocenters. The van der Waals surface area contributed by atoms with Crippen molar-refractivity contribution in [3.05, 3.63) is 0 Å². The van der Waals surface area contributed by atoms with E-state index in [0.29, 0.717) is 23.8 Å². The van der Waals surface area contributed by atoms with Gasteiger partial charge in [0.1, 0.15) is 0 Å². The summed E-state index contributed by atoms with van der Waals surface area (Å²) < 4.78 is 11.5. The van der Waals surface area contributed by atoms with Gasteiger partial charge in [0, 0.05) is 17.9 Å². The molecule has 2 heteroatoms. The van der Waals surface area contributed by atoms with E-state index in [1.165, 1.54) is 6.42 Å². The van der Waals surface area contributed by atoms with E-state index in [0.717, 1.165) is 6.42 Å². The van der Waals surface area contributed by atoms with Crippen molar-refractivity contribution in [2.24, 2.45) is 5.92 Å². The lowest BCUT2D eigenvalue weighted by Crippen LogP contribution is -1.94. The Morgan fingerprint density at radius 1 is 1.62 bits per heavy atom. The first-order chi connectivity index (χ1) is 3.81. The molecule has 0 spiro atoms. The van der Waals surface area contributed by atoms with Crippen molar-refractivity contribution in [3.63, 3.8) is 0 Å². The molecule has 1 atom stereocenters. The number of hydrogen-bond donors (Lipinski definition) is 0. The van der Waals surface area contributed by atoms with E-state index in [2.05, 4.69) is 13.8 Å². The molecule has 0 bridgehead atoms. The number of hydrogen-bond acceptors (Lipinski definition) is 1. The van der Waals surface area contributed by atoms with Gasteiger partial charge in [-0.05, 0) is 5.92 Å². The summed E-state index contributed by atoms with van der Waals surface area (Å²) in [6.07, 6.45) is 2.32. The van der Waals surface area contributed by atoms with Crippen LogP contribution in [0.3, 0.4) is 0 Å². The molecule has 0 saturated carbocycles. The summed E-state index contributed by atoms with van der Waals surface area (Å²) in [5.74, 6) is 1.21. The standard InChI is InChI=1S/C6H13FS/c1-3-4-6(2)5-8-7/h6H,3-5H2,1-2H3. The molecule has 0 aromatic rings. The molecule has 0 aromatic carbocycles. The second kappa shape index (κ2) is 5.42. The molecule has 0 aliphatic heterocycles. The van der Waals surface area contributed by atoms with Crippen molar-refractivity contribution in [1.82, 2.24) is 0 Å². The predicted octanol–water partition coefficient (Wildman–Crippen LogP) is 3.04. The molecule has 0 aromatic heterocycles. The van der Waals surface area contributed by atoms with Gasteiger partial charge in [-0.25, -0.2) is 0 Å². The van der Waals surface area contributed by atoms with Crippen LogP contribution >= 0.6 is 12.1 Å². The van der Waals surface area contributed by atoms with Gasteiger partial charge in [0.05, 0.1) is 0 Å². The molecule has 0 aliphatic rings. The maximum Gasteiger partial charge on any atom is 0.0445 e. The van der Waals surface area contributed by atoms with E-state index in [1.807, 2.05) is 0 Å². The lowest BCUT2D eigenvalue weighted by Gasteiger charge is -2.03. The Morgan fingerprint density at radius 2 is 2.25 bits per heavy atom. The van der Waals surface area contributed by atoms with Crippen molar-refractivity contribution in [1.29, 1.82) is 0 Å². The van der Waals surface area contributed by atoms with Crippen molar-refractivity contribution >= 4 is 12.1 Å². The zero-order valence-electron chi connectivity index (χ0n) is 5.48. The van der Waals surface area contributed by atoms with E-state index in [-0.39, 0.29) is 0 Å².